The maximum absolute atomic E-state index is 14.0. The van der Waals surface area contributed by atoms with Gasteiger partial charge < -0.3 is 19.2 Å². The fourth-order valence-corrected chi connectivity index (χ4v) is 2.89. The van der Waals surface area contributed by atoms with Crippen molar-refractivity contribution in [2.24, 2.45) is 0 Å². The van der Waals surface area contributed by atoms with Crippen LogP contribution in [0.4, 0.5) is 9.18 Å². The van der Waals surface area contributed by atoms with E-state index in [9.17, 15) is 14.0 Å². The first-order chi connectivity index (χ1) is 11.8. The normalized spacial score (nSPS) is 12.2. The van der Waals surface area contributed by atoms with Crippen molar-refractivity contribution >= 4 is 45.6 Å². The minimum absolute atomic E-state index is 0.0512. The Bertz CT molecular complexity index is 861. The predicted octanol–water partition coefficient (Wildman–Crippen LogP) is 5.18. The second-order valence-corrected chi connectivity index (χ2v) is 8.76. The number of esters is 1. The van der Waals surface area contributed by atoms with Gasteiger partial charge in [-0.3, -0.25) is 0 Å². The Labute approximate surface area is 164 Å². The standard InChI is InChI=1S/C18H21FINO5/c1-17(2,3)25-15(22)12-11-10(8-7-9(19)13(11)20)21-14(12)24-16(23)26-18(4,5)6/h7-8,21H,1-6H3. The maximum Gasteiger partial charge on any atom is 0.515 e. The summed E-state index contributed by atoms with van der Waals surface area (Å²) in [5.41, 5.74) is -1.15. The van der Waals surface area contributed by atoms with Crippen molar-refractivity contribution in [1.29, 1.82) is 0 Å². The first-order valence-corrected chi connectivity index (χ1v) is 9.00. The summed E-state index contributed by atoms with van der Waals surface area (Å²) in [7, 11) is 0. The molecular formula is C18H21FINO5. The van der Waals surface area contributed by atoms with E-state index in [0.717, 1.165) is 0 Å². The number of aromatic nitrogens is 1. The lowest BCUT2D eigenvalue weighted by molar-refractivity contribution is 0.00629. The second kappa shape index (κ2) is 7.05. The molecule has 0 atom stereocenters. The lowest BCUT2D eigenvalue weighted by Gasteiger charge is -2.20. The van der Waals surface area contributed by atoms with Crippen LogP contribution in [-0.4, -0.2) is 28.3 Å². The molecule has 26 heavy (non-hydrogen) atoms. The summed E-state index contributed by atoms with van der Waals surface area (Å²) >= 11 is 1.79. The molecule has 142 valence electrons. The molecular weight excluding hydrogens is 456 g/mol. The van der Waals surface area contributed by atoms with Crippen LogP contribution in [0.1, 0.15) is 51.9 Å². The minimum atomic E-state index is -0.982. The van der Waals surface area contributed by atoms with E-state index in [-0.39, 0.29) is 15.0 Å². The number of rotatable bonds is 2. The summed E-state index contributed by atoms with van der Waals surface area (Å²) in [6.45, 7) is 10.2. The molecule has 2 aromatic rings. The Kier molecular flexibility index (Phi) is 5.55. The molecule has 1 aromatic heterocycles. The lowest BCUT2D eigenvalue weighted by atomic mass is 10.1. The van der Waals surface area contributed by atoms with E-state index in [1.807, 2.05) is 0 Å². The summed E-state index contributed by atoms with van der Waals surface area (Å²) < 4.78 is 29.9. The monoisotopic (exact) mass is 477 g/mol. The quantitative estimate of drug-likeness (QED) is 0.477. The van der Waals surface area contributed by atoms with Crippen LogP contribution in [0.25, 0.3) is 10.9 Å². The topological polar surface area (TPSA) is 77.6 Å². The van der Waals surface area contributed by atoms with Gasteiger partial charge in [-0.1, -0.05) is 0 Å². The Morgan fingerprint density at radius 3 is 2.15 bits per heavy atom. The first kappa shape index (κ1) is 20.5. The molecule has 0 saturated heterocycles. The Hall–Kier alpha value is -1.84. The maximum atomic E-state index is 14.0. The Morgan fingerprint density at radius 2 is 1.62 bits per heavy atom. The molecule has 8 heteroatoms. The third kappa shape index (κ3) is 4.87. The van der Waals surface area contributed by atoms with E-state index in [0.29, 0.717) is 10.9 Å². The summed E-state index contributed by atoms with van der Waals surface area (Å²) in [6, 6.07) is 2.72. The number of H-pyrrole nitrogens is 1. The molecule has 2 rings (SSSR count). The van der Waals surface area contributed by atoms with Crippen molar-refractivity contribution in [1.82, 2.24) is 4.98 Å². The van der Waals surface area contributed by atoms with Crippen molar-refractivity contribution in [3.05, 3.63) is 27.1 Å². The second-order valence-electron chi connectivity index (χ2n) is 7.68. The predicted molar refractivity (Wildman–Crippen MR) is 103 cm³/mol. The van der Waals surface area contributed by atoms with E-state index >= 15 is 0 Å². The van der Waals surface area contributed by atoms with Gasteiger partial charge >= 0.3 is 12.1 Å². The number of carbonyl (C=O) groups is 2. The molecule has 0 bridgehead atoms. The number of hydrogen-bond donors (Lipinski definition) is 1. The van der Waals surface area contributed by atoms with Crippen molar-refractivity contribution in [2.45, 2.75) is 52.7 Å². The number of halogens is 2. The van der Waals surface area contributed by atoms with Gasteiger partial charge in [0.1, 0.15) is 22.6 Å². The minimum Gasteiger partial charge on any atom is -0.456 e. The van der Waals surface area contributed by atoms with Gasteiger partial charge in [-0.05, 0) is 76.3 Å². The van der Waals surface area contributed by atoms with E-state index in [1.54, 1.807) is 64.1 Å². The average Bonchev–Trinajstić information content (AvgIpc) is 2.77. The molecule has 0 unspecified atom stereocenters. The molecule has 0 aliphatic carbocycles. The number of fused-ring (bicyclic) bond motifs is 1. The summed E-state index contributed by atoms with van der Waals surface area (Å²) in [5.74, 6) is -1.37. The van der Waals surface area contributed by atoms with Gasteiger partial charge in [0.15, 0.2) is 0 Å². The van der Waals surface area contributed by atoms with E-state index < -0.39 is 29.1 Å². The zero-order valence-corrected chi connectivity index (χ0v) is 17.6. The van der Waals surface area contributed by atoms with Crippen LogP contribution in [0.3, 0.4) is 0 Å². The highest BCUT2D eigenvalue weighted by Crippen LogP contribution is 2.34. The zero-order chi connectivity index (χ0) is 19.9. The van der Waals surface area contributed by atoms with Gasteiger partial charge in [0.05, 0.1) is 9.09 Å². The highest BCUT2D eigenvalue weighted by molar-refractivity contribution is 14.1. The number of hydrogen-bond acceptors (Lipinski definition) is 5. The highest BCUT2D eigenvalue weighted by Gasteiger charge is 2.30. The van der Waals surface area contributed by atoms with Crippen LogP contribution in [0, 0.1) is 9.39 Å². The fraction of sp³-hybridized carbons (Fsp3) is 0.444. The van der Waals surface area contributed by atoms with Crippen molar-refractivity contribution in [3.8, 4) is 5.88 Å². The molecule has 0 amide bonds. The van der Waals surface area contributed by atoms with Gasteiger partial charge in [-0.25, -0.2) is 14.0 Å². The van der Waals surface area contributed by atoms with Crippen molar-refractivity contribution in [3.63, 3.8) is 0 Å². The average molecular weight is 477 g/mol. The molecule has 0 aliphatic heterocycles. The first-order valence-electron chi connectivity index (χ1n) is 7.92. The highest BCUT2D eigenvalue weighted by atomic mass is 127. The van der Waals surface area contributed by atoms with Crippen LogP contribution >= 0.6 is 22.6 Å². The summed E-state index contributed by atoms with van der Waals surface area (Å²) in [6.07, 6.45) is -0.982. The smallest absolute Gasteiger partial charge is 0.456 e. The number of ether oxygens (including phenoxy) is 3. The molecule has 0 saturated carbocycles. The van der Waals surface area contributed by atoms with E-state index in [2.05, 4.69) is 4.98 Å². The van der Waals surface area contributed by atoms with E-state index in [1.165, 1.54) is 12.1 Å². The molecule has 1 N–H and O–H groups in total. The SMILES string of the molecule is CC(C)(C)OC(=O)Oc1[nH]c2ccc(F)c(I)c2c1C(=O)OC(C)(C)C. The third-order valence-corrected chi connectivity index (χ3v) is 4.05. The fourth-order valence-electron chi connectivity index (χ4n) is 2.15. The van der Waals surface area contributed by atoms with Gasteiger partial charge in [-0.2, -0.15) is 0 Å². The Balaban J connectivity index is 2.55. The molecule has 0 aliphatic rings. The van der Waals surface area contributed by atoms with Gasteiger partial charge in [0.2, 0.25) is 5.88 Å². The molecule has 0 fully saturated rings. The van der Waals surface area contributed by atoms with Crippen LogP contribution < -0.4 is 4.74 Å². The van der Waals surface area contributed by atoms with Gasteiger partial charge in [0.25, 0.3) is 0 Å². The Morgan fingerprint density at radius 1 is 1.04 bits per heavy atom. The largest absolute Gasteiger partial charge is 0.515 e. The summed E-state index contributed by atoms with van der Waals surface area (Å²) in [4.78, 5) is 27.5. The van der Waals surface area contributed by atoms with Crippen LogP contribution in [0.5, 0.6) is 5.88 Å². The number of carbonyl (C=O) groups excluding carboxylic acids is 2. The molecule has 0 spiro atoms. The van der Waals surface area contributed by atoms with Crippen LogP contribution in [0.15, 0.2) is 12.1 Å². The number of nitrogens with one attached hydrogen (secondary N) is 1. The molecule has 1 aromatic carbocycles. The molecule has 0 radical (unpaired) electrons. The van der Waals surface area contributed by atoms with Crippen molar-refractivity contribution < 1.29 is 28.2 Å². The number of benzene rings is 1. The van der Waals surface area contributed by atoms with E-state index in [4.69, 9.17) is 14.2 Å². The molecule has 6 nitrogen and oxygen atoms in total. The van der Waals surface area contributed by atoms with Crippen LogP contribution in [0.2, 0.25) is 0 Å². The zero-order valence-electron chi connectivity index (χ0n) is 15.5. The summed E-state index contributed by atoms with van der Waals surface area (Å²) in [5, 5.41) is 0.290. The third-order valence-electron chi connectivity index (χ3n) is 3.00. The van der Waals surface area contributed by atoms with Gasteiger partial charge in [0, 0.05) is 5.39 Å². The number of aromatic amines is 1. The molecule has 1 heterocycles. The van der Waals surface area contributed by atoms with Crippen molar-refractivity contribution in [2.75, 3.05) is 0 Å². The van der Waals surface area contributed by atoms with Gasteiger partial charge in [-0.15, -0.1) is 0 Å². The van der Waals surface area contributed by atoms with Crippen LogP contribution in [-0.2, 0) is 9.47 Å². The lowest BCUT2D eigenvalue weighted by Crippen LogP contribution is -2.27.